The molecule has 0 aromatic heterocycles. The number of ether oxygens (including phenoxy) is 1. The van der Waals surface area contributed by atoms with Crippen LogP contribution in [0.25, 0.3) is 0 Å². The first-order valence-electron chi connectivity index (χ1n) is 8.95. The number of carbonyl (C=O) groups excluding carboxylic acids is 2. The quantitative estimate of drug-likeness (QED) is 0.680. The van der Waals surface area contributed by atoms with Gasteiger partial charge in [-0.05, 0) is 56.2 Å². The van der Waals surface area contributed by atoms with Crippen LogP contribution in [0.4, 0.5) is 11.4 Å². The van der Waals surface area contributed by atoms with Gasteiger partial charge in [0.15, 0.2) is 16.4 Å². The number of nitrogens with one attached hydrogen (secondary N) is 2. The number of fused-ring (bicyclic) bond motifs is 1. The zero-order chi connectivity index (χ0) is 21.3. The van der Waals surface area contributed by atoms with Crippen LogP contribution < -0.4 is 15.4 Å². The summed E-state index contributed by atoms with van der Waals surface area (Å²) in [5, 5.41) is 4.45. The van der Waals surface area contributed by atoms with E-state index in [0.717, 1.165) is 10.0 Å². The van der Waals surface area contributed by atoms with Gasteiger partial charge in [-0.15, -0.1) is 0 Å². The molecule has 0 fully saturated rings. The Kier molecular flexibility index (Phi) is 6.00. The molecule has 0 saturated carbocycles. The molecular formula is C20H21BrN2O5S. The first-order chi connectivity index (χ1) is 13.6. The van der Waals surface area contributed by atoms with E-state index >= 15 is 0 Å². The fourth-order valence-electron chi connectivity index (χ4n) is 3.04. The van der Waals surface area contributed by atoms with Gasteiger partial charge >= 0.3 is 0 Å². The molecule has 0 saturated heterocycles. The van der Waals surface area contributed by atoms with Gasteiger partial charge in [-0.2, -0.15) is 0 Å². The highest BCUT2D eigenvalue weighted by molar-refractivity contribution is 9.10. The van der Waals surface area contributed by atoms with Crippen molar-refractivity contribution >= 4 is 49.0 Å². The van der Waals surface area contributed by atoms with Gasteiger partial charge in [0.25, 0.3) is 5.91 Å². The molecule has 0 bridgehead atoms. The van der Waals surface area contributed by atoms with E-state index in [0.29, 0.717) is 22.7 Å². The molecule has 2 aromatic rings. The van der Waals surface area contributed by atoms with E-state index in [4.69, 9.17) is 4.74 Å². The third-order valence-corrected chi connectivity index (χ3v) is 7.83. The smallest absolute Gasteiger partial charge is 0.262 e. The summed E-state index contributed by atoms with van der Waals surface area (Å²) < 4.78 is 32.4. The molecule has 0 aliphatic carbocycles. The maximum atomic E-state index is 13.1. The predicted molar refractivity (Wildman–Crippen MR) is 114 cm³/mol. The molecule has 1 atom stereocenters. The van der Waals surface area contributed by atoms with Gasteiger partial charge < -0.3 is 15.4 Å². The molecule has 0 unspecified atom stereocenters. The third kappa shape index (κ3) is 4.62. The summed E-state index contributed by atoms with van der Waals surface area (Å²) in [6.07, 6.45) is -0.189. The van der Waals surface area contributed by atoms with E-state index in [1.165, 1.54) is 13.0 Å². The lowest BCUT2D eigenvalue weighted by Gasteiger charge is -2.21. The number of sulfone groups is 1. The van der Waals surface area contributed by atoms with Crippen molar-refractivity contribution in [1.29, 1.82) is 0 Å². The fraction of sp³-hybridized carbons (Fsp3) is 0.300. The van der Waals surface area contributed by atoms with E-state index < -0.39 is 15.1 Å². The minimum atomic E-state index is -3.78. The standard InChI is InChI=1S/C20H21BrN2O5S/c1-11-6-14(4-5-15(11)21)22-19(24)8-13(3)29(26,27)18-9-17-16(7-12(18)2)23-20(25)10-28-17/h4-7,9,13H,8,10H2,1-3H3,(H,22,24)(H,23,25)/t13-/m1/s1. The van der Waals surface area contributed by atoms with Crippen molar-refractivity contribution < 1.29 is 22.7 Å². The van der Waals surface area contributed by atoms with E-state index in [-0.39, 0.29) is 29.7 Å². The molecule has 2 N–H and O–H groups in total. The lowest BCUT2D eigenvalue weighted by molar-refractivity contribution is -0.118. The van der Waals surface area contributed by atoms with Crippen molar-refractivity contribution in [2.75, 3.05) is 17.2 Å². The molecule has 3 rings (SSSR count). The average molecular weight is 481 g/mol. The topological polar surface area (TPSA) is 102 Å². The first kappa shape index (κ1) is 21.3. The van der Waals surface area contributed by atoms with Crippen LogP contribution in [-0.4, -0.2) is 32.1 Å². The van der Waals surface area contributed by atoms with Crippen molar-refractivity contribution in [3.63, 3.8) is 0 Å². The molecule has 29 heavy (non-hydrogen) atoms. The van der Waals surface area contributed by atoms with Gasteiger partial charge in [-0.25, -0.2) is 8.42 Å². The Bertz CT molecular complexity index is 1100. The van der Waals surface area contributed by atoms with Crippen molar-refractivity contribution in [1.82, 2.24) is 0 Å². The maximum absolute atomic E-state index is 13.1. The summed E-state index contributed by atoms with van der Waals surface area (Å²) in [4.78, 5) is 23.9. The molecule has 2 amide bonds. The molecule has 1 heterocycles. The van der Waals surface area contributed by atoms with Crippen LogP contribution in [0.2, 0.25) is 0 Å². The van der Waals surface area contributed by atoms with Crippen molar-refractivity contribution in [3.8, 4) is 5.75 Å². The van der Waals surface area contributed by atoms with Crippen LogP contribution in [0.15, 0.2) is 39.7 Å². The Morgan fingerprint density at radius 3 is 2.66 bits per heavy atom. The SMILES string of the molecule is Cc1cc(NC(=O)C[C@@H](C)S(=O)(=O)c2cc3c(cc2C)NC(=O)CO3)ccc1Br. The van der Waals surface area contributed by atoms with Gasteiger partial charge in [0.2, 0.25) is 5.91 Å². The first-order valence-corrected chi connectivity index (χ1v) is 11.3. The van der Waals surface area contributed by atoms with Crippen molar-refractivity contribution in [2.45, 2.75) is 37.3 Å². The molecule has 2 aromatic carbocycles. The van der Waals surface area contributed by atoms with Crippen LogP contribution in [-0.2, 0) is 19.4 Å². The largest absolute Gasteiger partial charge is 0.482 e. The average Bonchev–Trinajstić information content (AvgIpc) is 2.63. The monoisotopic (exact) mass is 480 g/mol. The van der Waals surface area contributed by atoms with Gasteiger partial charge in [0.05, 0.1) is 15.8 Å². The second-order valence-electron chi connectivity index (χ2n) is 7.02. The molecule has 0 radical (unpaired) electrons. The van der Waals surface area contributed by atoms with Crippen LogP contribution in [0, 0.1) is 13.8 Å². The molecule has 1 aliphatic rings. The van der Waals surface area contributed by atoms with Crippen LogP contribution in [0.3, 0.4) is 0 Å². The summed E-state index contributed by atoms with van der Waals surface area (Å²) in [6.45, 7) is 4.88. The van der Waals surface area contributed by atoms with Gasteiger partial charge in [-0.1, -0.05) is 15.9 Å². The van der Waals surface area contributed by atoms with E-state index in [1.54, 1.807) is 25.1 Å². The molecule has 154 valence electrons. The number of anilines is 2. The molecule has 9 heteroatoms. The summed E-state index contributed by atoms with van der Waals surface area (Å²) in [5.41, 5.74) is 2.48. The normalized spacial score (nSPS) is 14.4. The van der Waals surface area contributed by atoms with E-state index in [2.05, 4.69) is 26.6 Å². The van der Waals surface area contributed by atoms with Crippen LogP contribution in [0.1, 0.15) is 24.5 Å². The number of amides is 2. The summed E-state index contributed by atoms with van der Waals surface area (Å²) in [6, 6.07) is 8.34. The Labute approximate surface area is 177 Å². The molecule has 7 nitrogen and oxygen atoms in total. The van der Waals surface area contributed by atoms with E-state index in [9.17, 15) is 18.0 Å². The van der Waals surface area contributed by atoms with Crippen molar-refractivity contribution in [3.05, 3.63) is 45.9 Å². The van der Waals surface area contributed by atoms with Gasteiger partial charge in [-0.3, -0.25) is 9.59 Å². The number of hydrogen-bond acceptors (Lipinski definition) is 5. The minimum absolute atomic E-state index is 0.0900. The Morgan fingerprint density at radius 1 is 1.24 bits per heavy atom. The summed E-state index contributed by atoms with van der Waals surface area (Å²) in [7, 11) is -3.78. The number of hydrogen-bond donors (Lipinski definition) is 2. The van der Waals surface area contributed by atoms with Gasteiger partial charge in [0, 0.05) is 22.6 Å². The van der Waals surface area contributed by atoms with Crippen molar-refractivity contribution in [2.24, 2.45) is 0 Å². The molecular weight excluding hydrogens is 460 g/mol. The zero-order valence-corrected chi connectivity index (χ0v) is 18.6. The Hall–Kier alpha value is -2.39. The Balaban J connectivity index is 1.77. The Morgan fingerprint density at radius 2 is 1.97 bits per heavy atom. The third-order valence-electron chi connectivity index (χ3n) is 4.66. The second-order valence-corrected chi connectivity index (χ2v) is 10.2. The number of aryl methyl sites for hydroxylation is 2. The number of benzene rings is 2. The molecule has 1 aliphatic heterocycles. The number of halogens is 1. The summed E-state index contributed by atoms with van der Waals surface area (Å²) >= 11 is 3.40. The minimum Gasteiger partial charge on any atom is -0.482 e. The van der Waals surface area contributed by atoms with Crippen LogP contribution >= 0.6 is 15.9 Å². The second kappa shape index (κ2) is 8.16. The number of carbonyl (C=O) groups is 2. The number of rotatable bonds is 5. The highest BCUT2D eigenvalue weighted by Crippen LogP contribution is 2.34. The molecule has 0 spiro atoms. The van der Waals surface area contributed by atoms with Gasteiger partial charge in [0.1, 0.15) is 5.75 Å². The highest BCUT2D eigenvalue weighted by atomic mass is 79.9. The fourth-order valence-corrected chi connectivity index (χ4v) is 4.87. The van der Waals surface area contributed by atoms with Crippen LogP contribution in [0.5, 0.6) is 5.75 Å². The predicted octanol–water partition coefficient (Wildman–Crippen LogP) is 3.59. The lowest BCUT2D eigenvalue weighted by Crippen LogP contribution is -2.27. The zero-order valence-electron chi connectivity index (χ0n) is 16.2. The van der Waals surface area contributed by atoms with E-state index in [1.807, 2.05) is 13.0 Å². The summed E-state index contributed by atoms with van der Waals surface area (Å²) in [5.74, 6) is -0.376. The lowest BCUT2D eigenvalue weighted by atomic mass is 10.2. The highest BCUT2D eigenvalue weighted by Gasteiger charge is 2.29. The maximum Gasteiger partial charge on any atom is 0.262 e.